The lowest BCUT2D eigenvalue weighted by Crippen LogP contribution is -2.50. The van der Waals surface area contributed by atoms with Gasteiger partial charge in [-0.15, -0.1) is 0 Å². The molecule has 0 saturated carbocycles. The molecular formula is C20H25N5O. The Kier molecular flexibility index (Phi) is 4.18. The topological polar surface area (TPSA) is 46.3 Å². The number of aryl methyl sites for hydroxylation is 3. The lowest BCUT2D eigenvalue weighted by molar-refractivity contribution is -0.132. The number of hydrogen-bond donors (Lipinski definition) is 0. The summed E-state index contributed by atoms with van der Waals surface area (Å²) < 4.78 is 4.22. The maximum atomic E-state index is 12.7. The molecule has 0 atom stereocenters. The summed E-state index contributed by atoms with van der Waals surface area (Å²) in [6, 6.07) is 12.3. The van der Waals surface area contributed by atoms with Gasteiger partial charge in [-0.05, 0) is 38.1 Å². The molecule has 3 heterocycles. The number of benzene rings is 1. The highest BCUT2D eigenvalue weighted by molar-refractivity contribution is 5.79. The molecule has 0 spiro atoms. The van der Waals surface area contributed by atoms with Crippen molar-refractivity contribution in [2.75, 3.05) is 31.1 Å². The van der Waals surface area contributed by atoms with Crippen LogP contribution in [0, 0.1) is 13.8 Å². The first-order chi connectivity index (χ1) is 12.5. The van der Waals surface area contributed by atoms with E-state index in [0.29, 0.717) is 6.54 Å². The van der Waals surface area contributed by atoms with E-state index >= 15 is 0 Å². The van der Waals surface area contributed by atoms with Crippen LogP contribution < -0.4 is 4.90 Å². The Balaban J connectivity index is 1.43. The van der Waals surface area contributed by atoms with E-state index in [2.05, 4.69) is 39.3 Å². The van der Waals surface area contributed by atoms with Crippen LogP contribution in [0.4, 0.5) is 5.95 Å². The number of para-hydroxylation sites is 2. The molecule has 1 aromatic carbocycles. The van der Waals surface area contributed by atoms with Gasteiger partial charge in [-0.3, -0.25) is 4.79 Å². The monoisotopic (exact) mass is 351 g/mol. The molecule has 6 nitrogen and oxygen atoms in total. The van der Waals surface area contributed by atoms with E-state index in [0.717, 1.165) is 54.5 Å². The number of amides is 1. The summed E-state index contributed by atoms with van der Waals surface area (Å²) in [6.07, 6.45) is 0. The predicted octanol–water partition coefficient (Wildman–Crippen LogP) is 2.34. The molecule has 1 aliphatic rings. The van der Waals surface area contributed by atoms with Crippen molar-refractivity contribution in [3.8, 4) is 0 Å². The first kappa shape index (κ1) is 16.7. The van der Waals surface area contributed by atoms with Crippen LogP contribution in [-0.2, 0) is 18.4 Å². The van der Waals surface area contributed by atoms with E-state index < -0.39 is 0 Å². The minimum Gasteiger partial charge on any atom is -0.340 e. The van der Waals surface area contributed by atoms with Gasteiger partial charge in [0, 0.05) is 44.6 Å². The smallest absolute Gasteiger partial charge is 0.242 e. The number of rotatable bonds is 3. The van der Waals surface area contributed by atoms with Crippen molar-refractivity contribution in [2.24, 2.45) is 7.05 Å². The average Bonchev–Trinajstić information content (AvgIpc) is 3.16. The number of fused-ring (bicyclic) bond motifs is 1. The zero-order valence-electron chi connectivity index (χ0n) is 15.6. The van der Waals surface area contributed by atoms with Crippen molar-refractivity contribution in [1.29, 1.82) is 0 Å². The number of nitrogens with zero attached hydrogens (tertiary/aromatic N) is 5. The Morgan fingerprint density at radius 3 is 2.31 bits per heavy atom. The number of piperazine rings is 1. The van der Waals surface area contributed by atoms with Gasteiger partial charge in [0.1, 0.15) is 6.54 Å². The van der Waals surface area contributed by atoms with Gasteiger partial charge in [0.25, 0.3) is 0 Å². The van der Waals surface area contributed by atoms with Crippen molar-refractivity contribution in [3.05, 3.63) is 47.8 Å². The van der Waals surface area contributed by atoms with Gasteiger partial charge in [0.2, 0.25) is 11.9 Å². The summed E-state index contributed by atoms with van der Waals surface area (Å²) in [5.41, 5.74) is 4.42. The molecule has 2 aromatic heterocycles. The normalized spacial score (nSPS) is 15.0. The maximum absolute atomic E-state index is 12.7. The Morgan fingerprint density at radius 2 is 1.65 bits per heavy atom. The first-order valence-electron chi connectivity index (χ1n) is 9.11. The predicted molar refractivity (Wildman–Crippen MR) is 103 cm³/mol. The molecule has 4 rings (SSSR count). The molecule has 0 radical (unpaired) electrons. The van der Waals surface area contributed by atoms with Crippen molar-refractivity contribution in [2.45, 2.75) is 20.4 Å². The lowest BCUT2D eigenvalue weighted by Gasteiger charge is -2.35. The number of carbonyl (C=O) groups excluding carboxylic acids is 1. The molecule has 0 unspecified atom stereocenters. The second kappa shape index (κ2) is 6.52. The zero-order chi connectivity index (χ0) is 18.3. The Bertz CT molecular complexity index is 927. The Morgan fingerprint density at radius 1 is 1.00 bits per heavy atom. The van der Waals surface area contributed by atoms with Crippen LogP contribution in [0.5, 0.6) is 0 Å². The van der Waals surface area contributed by atoms with Crippen molar-refractivity contribution >= 4 is 22.9 Å². The summed E-state index contributed by atoms with van der Waals surface area (Å²) in [4.78, 5) is 21.7. The molecule has 136 valence electrons. The molecule has 1 saturated heterocycles. The van der Waals surface area contributed by atoms with Crippen LogP contribution >= 0.6 is 0 Å². The Hall–Kier alpha value is -2.76. The zero-order valence-corrected chi connectivity index (χ0v) is 15.6. The third-order valence-corrected chi connectivity index (χ3v) is 5.39. The van der Waals surface area contributed by atoms with Gasteiger partial charge in [0.15, 0.2) is 0 Å². The van der Waals surface area contributed by atoms with Crippen molar-refractivity contribution in [1.82, 2.24) is 19.0 Å². The maximum Gasteiger partial charge on any atom is 0.242 e. The quantitative estimate of drug-likeness (QED) is 0.728. The third kappa shape index (κ3) is 2.85. The number of anilines is 1. The van der Waals surface area contributed by atoms with E-state index in [1.165, 1.54) is 0 Å². The standard InChI is InChI=1S/C20H25N5O/c1-15-8-9-16(2)25(15)14-19(26)23-10-12-24(13-11-23)20-21-17-6-4-5-7-18(17)22(20)3/h4-9H,10-14H2,1-3H3. The second-order valence-electron chi connectivity index (χ2n) is 7.03. The van der Waals surface area contributed by atoms with Crippen LogP contribution in [0.1, 0.15) is 11.4 Å². The van der Waals surface area contributed by atoms with E-state index in [9.17, 15) is 4.79 Å². The highest BCUT2D eigenvalue weighted by atomic mass is 16.2. The summed E-state index contributed by atoms with van der Waals surface area (Å²) in [5, 5.41) is 0. The van der Waals surface area contributed by atoms with Crippen LogP contribution in [0.2, 0.25) is 0 Å². The lowest BCUT2D eigenvalue weighted by atomic mass is 10.3. The fourth-order valence-electron chi connectivity index (χ4n) is 3.76. The molecule has 0 N–H and O–H groups in total. The SMILES string of the molecule is Cc1ccc(C)n1CC(=O)N1CCN(c2nc3ccccc3n2C)CC1. The Labute approximate surface area is 153 Å². The van der Waals surface area contributed by atoms with Gasteiger partial charge < -0.3 is 18.9 Å². The van der Waals surface area contributed by atoms with Crippen LogP contribution in [0.3, 0.4) is 0 Å². The number of imidazole rings is 1. The molecule has 26 heavy (non-hydrogen) atoms. The van der Waals surface area contributed by atoms with E-state index in [1.54, 1.807) is 0 Å². The summed E-state index contributed by atoms with van der Waals surface area (Å²) in [6.45, 7) is 7.62. The highest BCUT2D eigenvalue weighted by Crippen LogP contribution is 2.22. The van der Waals surface area contributed by atoms with E-state index in [-0.39, 0.29) is 5.91 Å². The summed E-state index contributed by atoms with van der Waals surface area (Å²) in [7, 11) is 2.06. The molecule has 0 aliphatic carbocycles. The minimum atomic E-state index is 0.192. The van der Waals surface area contributed by atoms with Gasteiger partial charge in [-0.2, -0.15) is 0 Å². The molecule has 0 bridgehead atoms. The van der Waals surface area contributed by atoms with Crippen molar-refractivity contribution < 1.29 is 4.79 Å². The van der Waals surface area contributed by atoms with Crippen LogP contribution in [0.15, 0.2) is 36.4 Å². The first-order valence-corrected chi connectivity index (χ1v) is 9.11. The average molecular weight is 351 g/mol. The largest absolute Gasteiger partial charge is 0.340 e. The van der Waals surface area contributed by atoms with Gasteiger partial charge in [-0.25, -0.2) is 4.98 Å². The number of carbonyl (C=O) groups is 1. The van der Waals surface area contributed by atoms with Gasteiger partial charge >= 0.3 is 0 Å². The summed E-state index contributed by atoms with van der Waals surface area (Å²) >= 11 is 0. The van der Waals surface area contributed by atoms with E-state index in [1.807, 2.05) is 36.9 Å². The van der Waals surface area contributed by atoms with Gasteiger partial charge in [0.05, 0.1) is 11.0 Å². The highest BCUT2D eigenvalue weighted by Gasteiger charge is 2.24. The van der Waals surface area contributed by atoms with Gasteiger partial charge in [-0.1, -0.05) is 12.1 Å². The van der Waals surface area contributed by atoms with Crippen LogP contribution in [-0.4, -0.2) is 51.1 Å². The van der Waals surface area contributed by atoms with Crippen LogP contribution in [0.25, 0.3) is 11.0 Å². The molecule has 6 heteroatoms. The van der Waals surface area contributed by atoms with E-state index in [4.69, 9.17) is 4.98 Å². The second-order valence-corrected chi connectivity index (χ2v) is 7.03. The molecule has 1 aliphatic heterocycles. The number of aromatic nitrogens is 3. The third-order valence-electron chi connectivity index (χ3n) is 5.39. The molecule has 1 fully saturated rings. The fourth-order valence-corrected chi connectivity index (χ4v) is 3.76. The summed E-state index contributed by atoms with van der Waals surface area (Å²) in [5.74, 6) is 1.17. The minimum absolute atomic E-state index is 0.192. The fraction of sp³-hybridized carbons (Fsp3) is 0.400. The molecule has 1 amide bonds. The molecular weight excluding hydrogens is 326 g/mol. The number of hydrogen-bond acceptors (Lipinski definition) is 3. The molecule has 3 aromatic rings. The van der Waals surface area contributed by atoms with Crippen molar-refractivity contribution in [3.63, 3.8) is 0 Å².